The molecule has 0 heterocycles. The maximum atomic E-state index is 11.0. The fourth-order valence-corrected chi connectivity index (χ4v) is 1.90. The van der Waals surface area contributed by atoms with Gasteiger partial charge >= 0.3 is 5.97 Å². The number of carbonyl (C=O) groups is 1. The van der Waals surface area contributed by atoms with Crippen molar-refractivity contribution in [2.75, 3.05) is 7.05 Å². The summed E-state index contributed by atoms with van der Waals surface area (Å²) in [6.45, 7) is 0. The van der Waals surface area contributed by atoms with E-state index in [4.69, 9.17) is 5.11 Å². The molecule has 0 amide bonds. The number of halogens is 1. The fourth-order valence-electron chi connectivity index (χ4n) is 1.90. The monoisotopic (exact) mass is 207 g/mol. The third kappa shape index (κ3) is 2.85. The highest BCUT2D eigenvalue weighted by Crippen LogP contribution is 2.26. The molecular weight excluding hydrogens is 190 g/mol. The SMILES string of the molecule is CNC1(C(=O)O)CCCCCC1.Cl. The largest absolute Gasteiger partial charge is 0.480 e. The molecule has 13 heavy (non-hydrogen) atoms. The van der Waals surface area contributed by atoms with E-state index < -0.39 is 11.5 Å². The molecule has 3 nitrogen and oxygen atoms in total. The highest BCUT2D eigenvalue weighted by Gasteiger charge is 2.36. The van der Waals surface area contributed by atoms with Gasteiger partial charge in [0.25, 0.3) is 0 Å². The molecule has 0 radical (unpaired) electrons. The minimum Gasteiger partial charge on any atom is -0.480 e. The minimum absolute atomic E-state index is 0. The van der Waals surface area contributed by atoms with Gasteiger partial charge in [0.2, 0.25) is 0 Å². The van der Waals surface area contributed by atoms with Crippen LogP contribution in [0.4, 0.5) is 0 Å². The van der Waals surface area contributed by atoms with Crippen molar-refractivity contribution in [3.8, 4) is 0 Å². The summed E-state index contributed by atoms with van der Waals surface area (Å²) in [6.07, 6.45) is 5.98. The fraction of sp³-hybridized carbons (Fsp3) is 0.889. The standard InChI is InChI=1S/C9H17NO2.ClH/c1-10-9(8(11)12)6-4-2-3-5-7-9;/h10H,2-7H2,1H3,(H,11,12);1H. The Balaban J connectivity index is 0.00000144. The van der Waals surface area contributed by atoms with Crippen LogP contribution in [0, 0.1) is 0 Å². The average Bonchev–Trinajstić information content (AvgIpc) is 2.29. The van der Waals surface area contributed by atoms with Gasteiger partial charge in [0.05, 0.1) is 0 Å². The molecule has 0 aromatic heterocycles. The van der Waals surface area contributed by atoms with Crippen molar-refractivity contribution in [3.63, 3.8) is 0 Å². The molecule has 0 aromatic rings. The number of nitrogens with one attached hydrogen (secondary N) is 1. The Morgan fingerprint density at radius 1 is 1.23 bits per heavy atom. The minimum atomic E-state index is -0.688. The van der Waals surface area contributed by atoms with Crippen molar-refractivity contribution in [3.05, 3.63) is 0 Å². The molecule has 0 spiro atoms. The van der Waals surface area contributed by atoms with E-state index in [9.17, 15) is 4.79 Å². The van der Waals surface area contributed by atoms with Crippen LogP contribution in [0.25, 0.3) is 0 Å². The van der Waals surface area contributed by atoms with Gasteiger partial charge in [0.15, 0.2) is 0 Å². The van der Waals surface area contributed by atoms with E-state index in [2.05, 4.69) is 5.32 Å². The maximum Gasteiger partial charge on any atom is 0.323 e. The molecule has 0 unspecified atom stereocenters. The summed E-state index contributed by atoms with van der Waals surface area (Å²) in [5, 5.41) is 12.0. The Kier molecular flexibility index (Phi) is 5.33. The smallest absolute Gasteiger partial charge is 0.323 e. The number of aliphatic carboxylic acids is 1. The van der Waals surface area contributed by atoms with Gasteiger partial charge in [-0.3, -0.25) is 4.79 Å². The lowest BCUT2D eigenvalue weighted by molar-refractivity contribution is -0.145. The van der Waals surface area contributed by atoms with Crippen molar-refractivity contribution >= 4 is 18.4 Å². The van der Waals surface area contributed by atoms with Gasteiger partial charge in [-0.05, 0) is 19.9 Å². The second-order valence-electron chi connectivity index (χ2n) is 3.55. The predicted octanol–water partition coefficient (Wildman–Crippen LogP) is 1.81. The van der Waals surface area contributed by atoms with E-state index in [-0.39, 0.29) is 12.4 Å². The second-order valence-corrected chi connectivity index (χ2v) is 3.55. The van der Waals surface area contributed by atoms with Gasteiger partial charge in [0, 0.05) is 0 Å². The van der Waals surface area contributed by atoms with E-state index in [1.165, 1.54) is 12.8 Å². The van der Waals surface area contributed by atoms with Gasteiger partial charge in [-0.1, -0.05) is 25.7 Å². The van der Waals surface area contributed by atoms with E-state index in [1.54, 1.807) is 7.05 Å². The molecule has 2 N–H and O–H groups in total. The van der Waals surface area contributed by atoms with E-state index in [0.29, 0.717) is 0 Å². The van der Waals surface area contributed by atoms with Gasteiger partial charge in [-0.2, -0.15) is 0 Å². The van der Waals surface area contributed by atoms with Crippen LogP contribution in [0.5, 0.6) is 0 Å². The second kappa shape index (κ2) is 5.45. The van der Waals surface area contributed by atoms with Crippen LogP contribution in [-0.4, -0.2) is 23.7 Å². The summed E-state index contributed by atoms with van der Waals surface area (Å²) in [5.74, 6) is -0.688. The van der Waals surface area contributed by atoms with E-state index in [1.807, 2.05) is 0 Å². The number of likely N-dealkylation sites (N-methyl/N-ethyl adjacent to an activating group) is 1. The Bertz CT molecular complexity index is 165. The average molecular weight is 208 g/mol. The molecule has 4 heteroatoms. The third-order valence-electron chi connectivity index (χ3n) is 2.85. The first-order valence-corrected chi connectivity index (χ1v) is 4.63. The summed E-state index contributed by atoms with van der Waals surface area (Å²) in [5.41, 5.74) is -0.628. The lowest BCUT2D eigenvalue weighted by Gasteiger charge is -2.27. The van der Waals surface area contributed by atoms with E-state index >= 15 is 0 Å². The molecule has 1 rings (SSSR count). The normalized spacial score (nSPS) is 21.3. The summed E-state index contributed by atoms with van der Waals surface area (Å²) >= 11 is 0. The zero-order valence-corrected chi connectivity index (χ0v) is 8.82. The lowest BCUT2D eigenvalue weighted by atomic mass is 9.91. The molecule has 1 fully saturated rings. The van der Waals surface area contributed by atoms with Crippen molar-refractivity contribution in [1.82, 2.24) is 5.32 Å². The number of carboxylic acids is 1. The summed E-state index contributed by atoms with van der Waals surface area (Å²) in [7, 11) is 1.75. The Morgan fingerprint density at radius 3 is 2.00 bits per heavy atom. The lowest BCUT2D eigenvalue weighted by Crippen LogP contribution is -2.49. The van der Waals surface area contributed by atoms with Crippen molar-refractivity contribution < 1.29 is 9.90 Å². The van der Waals surface area contributed by atoms with Crippen LogP contribution in [-0.2, 0) is 4.79 Å². The molecule has 1 aliphatic rings. The molecule has 0 saturated heterocycles. The maximum absolute atomic E-state index is 11.0. The van der Waals surface area contributed by atoms with Crippen LogP contribution in [0.2, 0.25) is 0 Å². The Morgan fingerprint density at radius 2 is 1.69 bits per heavy atom. The molecule has 1 saturated carbocycles. The summed E-state index contributed by atoms with van der Waals surface area (Å²) in [6, 6.07) is 0. The van der Waals surface area contributed by atoms with Gasteiger partial charge in [-0.15, -0.1) is 12.4 Å². The first-order valence-electron chi connectivity index (χ1n) is 4.63. The van der Waals surface area contributed by atoms with E-state index in [0.717, 1.165) is 25.7 Å². The van der Waals surface area contributed by atoms with Crippen LogP contribution >= 0.6 is 12.4 Å². The van der Waals surface area contributed by atoms with Crippen LogP contribution < -0.4 is 5.32 Å². The quantitative estimate of drug-likeness (QED) is 0.679. The number of hydrogen-bond acceptors (Lipinski definition) is 2. The predicted molar refractivity (Wildman–Crippen MR) is 54.4 cm³/mol. The first kappa shape index (κ1) is 12.7. The van der Waals surface area contributed by atoms with Crippen LogP contribution in [0.3, 0.4) is 0 Å². The molecular formula is C9H18ClNO2. The van der Waals surface area contributed by atoms with Crippen molar-refractivity contribution in [1.29, 1.82) is 0 Å². The van der Waals surface area contributed by atoms with Crippen molar-refractivity contribution in [2.45, 2.75) is 44.1 Å². The molecule has 0 bridgehead atoms. The van der Waals surface area contributed by atoms with Gasteiger partial charge in [0.1, 0.15) is 5.54 Å². The zero-order chi connectivity index (χ0) is 9.03. The topological polar surface area (TPSA) is 49.3 Å². The summed E-state index contributed by atoms with van der Waals surface area (Å²) < 4.78 is 0. The molecule has 78 valence electrons. The highest BCUT2D eigenvalue weighted by molar-refractivity contribution is 5.85. The van der Waals surface area contributed by atoms with Crippen molar-refractivity contribution in [2.24, 2.45) is 0 Å². The number of rotatable bonds is 2. The van der Waals surface area contributed by atoms with Gasteiger partial charge in [-0.25, -0.2) is 0 Å². The Hall–Kier alpha value is -0.280. The molecule has 1 aliphatic carbocycles. The molecule has 0 atom stereocenters. The third-order valence-corrected chi connectivity index (χ3v) is 2.85. The van der Waals surface area contributed by atoms with Gasteiger partial charge < -0.3 is 10.4 Å². The van der Waals surface area contributed by atoms with Crippen LogP contribution in [0.15, 0.2) is 0 Å². The first-order chi connectivity index (χ1) is 5.71. The number of carboxylic acid groups (broad SMARTS) is 1. The Labute approximate surface area is 85.3 Å². The highest BCUT2D eigenvalue weighted by atomic mass is 35.5. The van der Waals surface area contributed by atoms with Crippen LogP contribution in [0.1, 0.15) is 38.5 Å². The zero-order valence-electron chi connectivity index (χ0n) is 8.01. The summed E-state index contributed by atoms with van der Waals surface area (Å²) in [4.78, 5) is 11.0. The number of hydrogen-bond donors (Lipinski definition) is 2. The molecule has 0 aromatic carbocycles. The molecule has 0 aliphatic heterocycles.